The van der Waals surface area contributed by atoms with Gasteiger partial charge in [0.1, 0.15) is 5.82 Å². The smallest absolute Gasteiger partial charge is 0.252 e. The molecule has 1 aliphatic rings. The molecule has 0 N–H and O–H groups in total. The number of fused-ring (bicyclic) bond motifs is 1. The minimum Gasteiger partial charge on any atom is -0.347 e. The lowest BCUT2D eigenvalue weighted by Gasteiger charge is -2.36. The summed E-state index contributed by atoms with van der Waals surface area (Å²) in [5.41, 5.74) is 0.855. The van der Waals surface area contributed by atoms with Gasteiger partial charge < -0.3 is 14.4 Å². The number of likely N-dealkylation sites (N-methyl/N-ethyl adjacent to an activating group) is 1. The summed E-state index contributed by atoms with van der Waals surface area (Å²) in [6, 6.07) is 6.40. The van der Waals surface area contributed by atoms with Gasteiger partial charge in [0.05, 0.1) is 6.42 Å². The van der Waals surface area contributed by atoms with Gasteiger partial charge in [0.2, 0.25) is 5.91 Å². The highest BCUT2D eigenvalue weighted by molar-refractivity contribution is 6.30. The van der Waals surface area contributed by atoms with Gasteiger partial charge in [0, 0.05) is 32.2 Å². The second-order valence-electron chi connectivity index (χ2n) is 6.28. The Labute approximate surface area is 151 Å². The molecule has 2 heterocycles. The van der Waals surface area contributed by atoms with Crippen molar-refractivity contribution in [2.24, 2.45) is 0 Å². The van der Waals surface area contributed by atoms with E-state index in [-0.39, 0.29) is 18.2 Å². The minimum atomic E-state index is -0.746. The topological polar surface area (TPSA) is 71.3 Å². The Morgan fingerprint density at radius 2 is 1.88 bits per heavy atom. The van der Waals surface area contributed by atoms with Gasteiger partial charge in [-0.25, -0.2) is 0 Å². The summed E-state index contributed by atoms with van der Waals surface area (Å²) >= 11 is 5.89. The Morgan fingerprint density at radius 1 is 1.20 bits per heavy atom. The molecular weight excluding hydrogens is 342 g/mol. The van der Waals surface area contributed by atoms with Gasteiger partial charge in [0.25, 0.3) is 5.91 Å². The fourth-order valence-corrected chi connectivity index (χ4v) is 3.11. The van der Waals surface area contributed by atoms with Crippen LogP contribution in [0.15, 0.2) is 24.3 Å². The molecule has 8 heteroatoms. The largest absolute Gasteiger partial charge is 0.347 e. The van der Waals surface area contributed by atoms with E-state index in [2.05, 4.69) is 10.2 Å². The maximum absolute atomic E-state index is 12.9. The molecule has 7 nitrogen and oxygen atoms in total. The molecule has 2 aromatic rings. The molecule has 0 bridgehead atoms. The lowest BCUT2D eigenvalue weighted by molar-refractivity contribution is -0.146. The van der Waals surface area contributed by atoms with E-state index in [1.807, 2.05) is 23.6 Å². The van der Waals surface area contributed by atoms with Crippen LogP contribution in [-0.2, 0) is 22.6 Å². The van der Waals surface area contributed by atoms with Gasteiger partial charge in [0.15, 0.2) is 11.9 Å². The van der Waals surface area contributed by atoms with Crippen LogP contribution in [0.4, 0.5) is 0 Å². The molecule has 1 aromatic heterocycles. The summed E-state index contributed by atoms with van der Waals surface area (Å²) in [4.78, 5) is 28.7. The van der Waals surface area contributed by atoms with E-state index in [1.165, 1.54) is 4.90 Å². The maximum Gasteiger partial charge on any atom is 0.252 e. The second-order valence-corrected chi connectivity index (χ2v) is 6.72. The number of rotatable bonds is 3. The van der Waals surface area contributed by atoms with E-state index in [9.17, 15) is 9.59 Å². The first kappa shape index (κ1) is 17.4. The quantitative estimate of drug-likeness (QED) is 0.829. The van der Waals surface area contributed by atoms with Crippen LogP contribution >= 0.6 is 11.6 Å². The number of carbonyl (C=O) groups is 2. The normalized spacial score (nSPS) is 16.5. The second kappa shape index (κ2) is 6.84. The molecule has 0 radical (unpaired) electrons. The first-order valence-electron chi connectivity index (χ1n) is 8.03. The maximum atomic E-state index is 12.9. The summed E-state index contributed by atoms with van der Waals surface area (Å²) in [5.74, 6) is 0.968. The van der Waals surface area contributed by atoms with Crippen LogP contribution in [-0.4, -0.2) is 57.0 Å². The molecule has 1 aromatic carbocycles. The Bertz CT molecular complexity index is 800. The van der Waals surface area contributed by atoms with Gasteiger partial charge in [-0.15, -0.1) is 10.2 Å². The fourth-order valence-electron chi connectivity index (χ4n) is 2.99. The number of aromatic nitrogens is 3. The van der Waals surface area contributed by atoms with Gasteiger partial charge in [-0.3, -0.25) is 9.59 Å². The van der Waals surface area contributed by atoms with Crippen LogP contribution in [0.3, 0.4) is 0 Å². The summed E-state index contributed by atoms with van der Waals surface area (Å²) in [6.07, 6.45) is 0.210. The Balaban J connectivity index is 1.89. The number of nitrogens with zero attached hydrogens (tertiary/aromatic N) is 5. The summed E-state index contributed by atoms with van der Waals surface area (Å²) < 4.78 is 1.90. The molecule has 0 spiro atoms. The van der Waals surface area contributed by atoms with Crippen molar-refractivity contribution >= 4 is 23.4 Å². The van der Waals surface area contributed by atoms with E-state index in [1.54, 1.807) is 31.1 Å². The molecule has 2 amide bonds. The first-order chi connectivity index (χ1) is 11.9. The van der Waals surface area contributed by atoms with Crippen molar-refractivity contribution in [1.29, 1.82) is 0 Å². The standard InChI is InChI=1S/C17H20ClN5O2/c1-11-19-20-16-15(17(25)21(2)3)23(9-8-22(11)16)14(24)10-12-4-6-13(18)7-5-12/h4-7,15H,8-10H2,1-3H3. The Kier molecular flexibility index (Phi) is 4.76. The minimum absolute atomic E-state index is 0.116. The Morgan fingerprint density at radius 3 is 2.52 bits per heavy atom. The molecule has 0 aliphatic carbocycles. The molecule has 1 atom stereocenters. The van der Waals surface area contributed by atoms with Crippen LogP contribution in [0.1, 0.15) is 23.3 Å². The SMILES string of the molecule is Cc1nnc2n1CCN(C(=O)Cc1ccc(Cl)cc1)C2C(=O)N(C)C. The monoisotopic (exact) mass is 361 g/mol. The van der Waals surface area contributed by atoms with Crippen molar-refractivity contribution in [3.8, 4) is 0 Å². The number of hydrogen-bond acceptors (Lipinski definition) is 4. The van der Waals surface area contributed by atoms with Gasteiger partial charge in [-0.2, -0.15) is 0 Å². The number of benzene rings is 1. The highest BCUT2D eigenvalue weighted by Crippen LogP contribution is 2.27. The van der Waals surface area contributed by atoms with E-state index in [0.717, 1.165) is 11.4 Å². The molecular formula is C17H20ClN5O2. The van der Waals surface area contributed by atoms with E-state index >= 15 is 0 Å². The molecule has 0 fully saturated rings. The molecule has 0 saturated carbocycles. The first-order valence-corrected chi connectivity index (χ1v) is 8.41. The van der Waals surface area contributed by atoms with Crippen molar-refractivity contribution in [1.82, 2.24) is 24.6 Å². The number of amides is 2. The number of aryl methyl sites for hydroxylation is 1. The number of carbonyl (C=O) groups excluding carboxylic acids is 2. The third kappa shape index (κ3) is 3.37. The highest BCUT2D eigenvalue weighted by atomic mass is 35.5. The third-order valence-corrected chi connectivity index (χ3v) is 4.60. The van der Waals surface area contributed by atoms with Crippen LogP contribution in [0.2, 0.25) is 5.02 Å². The van der Waals surface area contributed by atoms with Crippen molar-refractivity contribution in [2.45, 2.75) is 25.9 Å². The molecule has 0 saturated heterocycles. The van der Waals surface area contributed by atoms with Gasteiger partial charge in [-0.05, 0) is 24.6 Å². The van der Waals surface area contributed by atoms with E-state index in [0.29, 0.717) is 23.9 Å². The molecule has 1 unspecified atom stereocenters. The van der Waals surface area contributed by atoms with E-state index < -0.39 is 6.04 Å². The summed E-state index contributed by atoms with van der Waals surface area (Å²) in [7, 11) is 3.35. The third-order valence-electron chi connectivity index (χ3n) is 4.35. The molecule has 1 aliphatic heterocycles. The van der Waals surface area contributed by atoms with Crippen LogP contribution in [0.5, 0.6) is 0 Å². The molecule has 132 valence electrons. The van der Waals surface area contributed by atoms with Gasteiger partial charge in [-0.1, -0.05) is 23.7 Å². The summed E-state index contributed by atoms with van der Waals surface area (Å²) in [6.45, 7) is 2.87. The number of halogens is 1. The van der Waals surface area contributed by atoms with Gasteiger partial charge >= 0.3 is 0 Å². The van der Waals surface area contributed by atoms with Crippen molar-refractivity contribution in [3.63, 3.8) is 0 Å². The molecule has 25 heavy (non-hydrogen) atoms. The summed E-state index contributed by atoms with van der Waals surface area (Å²) in [5, 5.41) is 8.84. The zero-order valence-electron chi connectivity index (χ0n) is 14.4. The van der Waals surface area contributed by atoms with Crippen LogP contribution in [0, 0.1) is 6.92 Å². The Hall–Kier alpha value is -2.41. The highest BCUT2D eigenvalue weighted by Gasteiger charge is 2.39. The zero-order valence-corrected chi connectivity index (χ0v) is 15.2. The van der Waals surface area contributed by atoms with E-state index in [4.69, 9.17) is 11.6 Å². The van der Waals surface area contributed by atoms with Crippen molar-refractivity contribution in [3.05, 3.63) is 46.5 Å². The predicted molar refractivity (Wildman–Crippen MR) is 93.1 cm³/mol. The number of hydrogen-bond donors (Lipinski definition) is 0. The zero-order chi connectivity index (χ0) is 18.1. The fraction of sp³-hybridized carbons (Fsp3) is 0.412. The molecule has 3 rings (SSSR count). The van der Waals surface area contributed by atoms with Crippen molar-refractivity contribution in [2.75, 3.05) is 20.6 Å². The van der Waals surface area contributed by atoms with Crippen molar-refractivity contribution < 1.29 is 9.59 Å². The lowest BCUT2D eigenvalue weighted by atomic mass is 10.1. The van der Waals surface area contributed by atoms with Crippen LogP contribution < -0.4 is 0 Å². The lowest BCUT2D eigenvalue weighted by Crippen LogP contribution is -2.49. The average Bonchev–Trinajstić information content (AvgIpc) is 2.96. The average molecular weight is 362 g/mol. The van der Waals surface area contributed by atoms with Crippen LogP contribution in [0.25, 0.3) is 0 Å². The predicted octanol–water partition coefficient (Wildman–Crippen LogP) is 1.45.